The average Bonchev–Trinajstić information content (AvgIpc) is 3.28. The Kier molecular flexibility index (Phi) is 7.55. The van der Waals surface area contributed by atoms with Crippen molar-refractivity contribution in [2.24, 2.45) is 0 Å². The molecular weight excluding hydrogens is 418 g/mol. The first-order valence-corrected chi connectivity index (χ1v) is 12.3. The summed E-state index contributed by atoms with van der Waals surface area (Å²) in [6.07, 6.45) is 2.38. The number of carbonyl (C=O) groups is 1. The summed E-state index contributed by atoms with van der Waals surface area (Å²) in [5, 5.41) is 6.00. The van der Waals surface area contributed by atoms with Crippen LogP contribution in [-0.4, -0.2) is 41.5 Å². The predicted octanol–water partition coefficient (Wildman–Crippen LogP) is 4.70. The van der Waals surface area contributed by atoms with Crippen molar-refractivity contribution in [3.63, 3.8) is 0 Å². The van der Waals surface area contributed by atoms with Gasteiger partial charge in [-0.05, 0) is 43.0 Å². The summed E-state index contributed by atoms with van der Waals surface area (Å²) in [6, 6.07) is 16.9. The molecule has 1 amide bonds. The molecule has 32 heavy (non-hydrogen) atoms. The first-order chi connectivity index (χ1) is 15.7. The number of amides is 1. The lowest BCUT2D eigenvalue weighted by molar-refractivity contribution is -0.120. The van der Waals surface area contributed by atoms with Gasteiger partial charge in [-0.1, -0.05) is 43.3 Å². The van der Waals surface area contributed by atoms with E-state index in [1.807, 2.05) is 36.6 Å². The van der Waals surface area contributed by atoms with Crippen molar-refractivity contribution < 1.29 is 9.53 Å². The second-order valence-electron chi connectivity index (χ2n) is 8.11. The summed E-state index contributed by atoms with van der Waals surface area (Å²) < 4.78 is 5.72. The molecule has 1 aromatic heterocycles. The molecular formula is C26H31N3O2S. The number of carbonyl (C=O) groups excluding carboxylic acids is 1. The van der Waals surface area contributed by atoms with Gasteiger partial charge < -0.3 is 10.1 Å². The topological polar surface area (TPSA) is 54.5 Å². The molecule has 1 unspecified atom stereocenters. The van der Waals surface area contributed by atoms with E-state index in [0.29, 0.717) is 25.6 Å². The second-order valence-corrected chi connectivity index (χ2v) is 8.96. The fraction of sp³-hybridized carbons (Fsp3) is 0.385. The minimum Gasteiger partial charge on any atom is -0.493 e. The van der Waals surface area contributed by atoms with Gasteiger partial charge in [0.15, 0.2) is 0 Å². The number of nitrogens with one attached hydrogen (secondary N) is 1. The molecule has 0 spiro atoms. The molecule has 2 heterocycles. The minimum atomic E-state index is 0.0239. The summed E-state index contributed by atoms with van der Waals surface area (Å²) in [5.41, 5.74) is 4.63. The van der Waals surface area contributed by atoms with Crippen LogP contribution in [0.4, 0.5) is 0 Å². The van der Waals surface area contributed by atoms with Gasteiger partial charge in [0.05, 0.1) is 24.3 Å². The molecule has 2 aromatic carbocycles. The highest BCUT2D eigenvalue weighted by Gasteiger charge is 2.22. The molecule has 1 N–H and O–H groups in total. The molecule has 0 radical (unpaired) electrons. The zero-order valence-corrected chi connectivity index (χ0v) is 19.7. The number of fused-ring (bicyclic) bond motifs is 1. The number of nitrogens with zero attached hydrogens (tertiary/aromatic N) is 2. The summed E-state index contributed by atoms with van der Waals surface area (Å²) >= 11 is 1.55. The predicted molar refractivity (Wildman–Crippen MR) is 130 cm³/mol. The van der Waals surface area contributed by atoms with Crippen LogP contribution < -0.4 is 10.1 Å². The lowest BCUT2D eigenvalue weighted by Gasteiger charge is -2.35. The van der Waals surface area contributed by atoms with Crippen LogP contribution in [0.3, 0.4) is 0 Å². The van der Waals surface area contributed by atoms with Gasteiger partial charge in [0.1, 0.15) is 10.8 Å². The van der Waals surface area contributed by atoms with Gasteiger partial charge in [-0.3, -0.25) is 9.69 Å². The van der Waals surface area contributed by atoms with Gasteiger partial charge in [0.2, 0.25) is 5.91 Å². The SMILES string of the molecule is CCOc1ccccc1-c1nc(CC(=O)NCC(CC)N2CCc3ccccc3C2)cs1. The van der Waals surface area contributed by atoms with Crippen LogP contribution in [0.25, 0.3) is 10.6 Å². The number of hydrogen-bond donors (Lipinski definition) is 1. The van der Waals surface area contributed by atoms with E-state index in [9.17, 15) is 4.79 Å². The quantitative estimate of drug-likeness (QED) is 0.514. The zero-order chi connectivity index (χ0) is 22.3. The van der Waals surface area contributed by atoms with E-state index in [-0.39, 0.29) is 5.91 Å². The standard InChI is InChI=1S/C26H31N3O2S/c1-3-22(29-14-13-19-9-5-6-10-20(19)17-29)16-27-25(30)15-21-18-32-26(28-21)23-11-7-8-12-24(23)31-4-2/h5-12,18,22H,3-4,13-17H2,1-2H3,(H,27,30). The molecule has 1 aliphatic heterocycles. The highest BCUT2D eigenvalue weighted by molar-refractivity contribution is 7.13. The monoisotopic (exact) mass is 449 g/mol. The van der Waals surface area contributed by atoms with Gasteiger partial charge in [-0.15, -0.1) is 11.3 Å². The molecule has 0 fully saturated rings. The number of benzene rings is 2. The number of hydrogen-bond acceptors (Lipinski definition) is 5. The molecule has 4 rings (SSSR count). The highest BCUT2D eigenvalue weighted by Crippen LogP contribution is 2.32. The van der Waals surface area contributed by atoms with Gasteiger partial charge >= 0.3 is 0 Å². The molecule has 5 nitrogen and oxygen atoms in total. The summed E-state index contributed by atoms with van der Waals surface area (Å²) in [4.78, 5) is 19.8. The molecule has 0 saturated heterocycles. The second kappa shape index (κ2) is 10.7. The van der Waals surface area contributed by atoms with E-state index in [4.69, 9.17) is 9.72 Å². The van der Waals surface area contributed by atoms with E-state index in [1.165, 1.54) is 11.1 Å². The third-order valence-electron chi connectivity index (χ3n) is 5.99. The Hall–Kier alpha value is -2.70. The molecule has 6 heteroatoms. The smallest absolute Gasteiger partial charge is 0.226 e. The Balaban J connectivity index is 1.32. The first-order valence-electron chi connectivity index (χ1n) is 11.4. The van der Waals surface area contributed by atoms with Crippen LogP contribution in [0.2, 0.25) is 0 Å². The maximum atomic E-state index is 12.6. The molecule has 1 aliphatic rings. The summed E-state index contributed by atoms with van der Waals surface area (Å²) in [5.74, 6) is 0.852. The molecule has 0 saturated carbocycles. The van der Waals surface area contributed by atoms with E-state index in [2.05, 4.69) is 41.4 Å². The van der Waals surface area contributed by atoms with Crippen LogP contribution in [-0.2, 0) is 24.2 Å². The molecule has 3 aromatic rings. The van der Waals surface area contributed by atoms with Crippen LogP contribution in [0.5, 0.6) is 5.75 Å². The number of rotatable bonds is 9. The van der Waals surface area contributed by atoms with Crippen LogP contribution >= 0.6 is 11.3 Å². The van der Waals surface area contributed by atoms with Crippen molar-refractivity contribution in [1.82, 2.24) is 15.2 Å². The number of ether oxygens (including phenoxy) is 1. The van der Waals surface area contributed by atoms with Crippen LogP contribution in [0.1, 0.15) is 37.1 Å². The largest absolute Gasteiger partial charge is 0.493 e. The number of para-hydroxylation sites is 1. The normalized spacial score (nSPS) is 14.6. The van der Waals surface area contributed by atoms with Crippen molar-refractivity contribution in [3.05, 3.63) is 70.7 Å². The minimum absolute atomic E-state index is 0.0239. The van der Waals surface area contributed by atoms with Crippen LogP contribution in [0.15, 0.2) is 53.9 Å². The molecule has 0 aliphatic carbocycles. The maximum Gasteiger partial charge on any atom is 0.226 e. The van der Waals surface area contributed by atoms with Gasteiger partial charge in [-0.25, -0.2) is 4.98 Å². The van der Waals surface area contributed by atoms with Crippen LogP contribution in [0, 0.1) is 0 Å². The van der Waals surface area contributed by atoms with Crippen molar-refractivity contribution in [2.75, 3.05) is 19.7 Å². The maximum absolute atomic E-state index is 12.6. The highest BCUT2D eigenvalue weighted by atomic mass is 32.1. The molecule has 0 bridgehead atoms. The Morgan fingerprint density at radius 1 is 1.16 bits per heavy atom. The summed E-state index contributed by atoms with van der Waals surface area (Å²) in [6.45, 7) is 7.44. The zero-order valence-electron chi connectivity index (χ0n) is 18.8. The van der Waals surface area contributed by atoms with Crippen molar-refractivity contribution in [3.8, 4) is 16.3 Å². The van der Waals surface area contributed by atoms with Gasteiger partial charge in [-0.2, -0.15) is 0 Å². The number of aromatic nitrogens is 1. The Morgan fingerprint density at radius 3 is 2.75 bits per heavy atom. The van der Waals surface area contributed by atoms with E-state index < -0.39 is 0 Å². The van der Waals surface area contributed by atoms with Crippen molar-refractivity contribution in [2.45, 2.75) is 45.7 Å². The molecule has 1 atom stereocenters. The van der Waals surface area contributed by atoms with E-state index in [1.54, 1.807) is 11.3 Å². The fourth-order valence-corrected chi connectivity index (χ4v) is 5.11. The summed E-state index contributed by atoms with van der Waals surface area (Å²) in [7, 11) is 0. The third-order valence-corrected chi connectivity index (χ3v) is 6.92. The Morgan fingerprint density at radius 2 is 1.94 bits per heavy atom. The van der Waals surface area contributed by atoms with Crippen molar-refractivity contribution in [1.29, 1.82) is 0 Å². The Labute approximate surface area is 194 Å². The van der Waals surface area contributed by atoms with Gasteiger partial charge in [0.25, 0.3) is 0 Å². The lowest BCUT2D eigenvalue weighted by atomic mass is 9.98. The third kappa shape index (κ3) is 5.37. The number of thiazole rings is 1. The van der Waals surface area contributed by atoms with Crippen molar-refractivity contribution >= 4 is 17.2 Å². The first kappa shape index (κ1) is 22.5. The molecule has 168 valence electrons. The lowest BCUT2D eigenvalue weighted by Crippen LogP contribution is -2.46. The fourth-order valence-electron chi connectivity index (χ4n) is 4.26. The average molecular weight is 450 g/mol. The Bertz CT molecular complexity index is 1050. The van der Waals surface area contributed by atoms with E-state index >= 15 is 0 Å². The van der Waals surface area contributed by atoms with Gasteiger partial charge in [0, 0.05) is 31.1 Å². The van der Waals surface area contributed by atoms with E-state index in [0.717, 1.165) is 47.9 Å².